The van der Waals surface area contributed by atoms with Gasteiger partial charge in [-0.1, -0.05) is 18.5 Å². The third-order valence-corrected chi connectivity index (χ3v) is 1.22. The molecule has 0 unspecified atom stereocenters. The molecule has 9 heavy (non-hydrogen) atoms. The Hall–Kier alpha value is -0.500. The minimum atomic E-state index is 0.117. The molecule has 0 atom stereocenters. The van der Waals surface area contributed by atoms with Gasteiger partial charge in [0.2, 0.25) is 0 Å². The maximum atomic E-state index is 7.01. The molecule has 0 aliphatic carbocycles. The predicted octanol–water partition coefficient (Wildman–Crippen LogP) is 1.72. The highest BCUT2D eigenvalue weighted by Crippen LogP contribution is 2.03. The van der Waals surface area contributed by atoms with Gasteiger partial charge in [0.15, 0.2) is 0 Å². The normalized spacial score (nSPS) is 11.2. The standard InChI is InChI=1S/C6H11ClN2/c1-3-5(4-9-2)6(7)8/h4,8-9H,3H2,1-2H3/b5-4+,8-6?. The van der Waals surface area contributed by atoms with Crippen molar-refractivity contribution >= 4 is 16.8 Å². The van der Waals surface area contributed by atoms with Gasteiger partial charge in [-0.2, -0.15) is 0 Å². The van der Waals surface area contributed by atoms with E-state index in [1.807, 2.05) is 6.92 Å². The average Bonchev–Trinajstić information content (AvgIpc) is 1.82. The van der Waals surface area contributed by atoms with Crippen molar-refractivity contribution in [3.63, 3.8) is 0 Å². The van der Waals surface area contributed by atoms with Gasteiger partial charge in [-0.15, -0.1) is 0 Å². The molecule has 0 aliphatic heterocycles. The molecular formula is C6H11ClN2. The van der Waals surface area contributed by atoms with E-state index in [2.05, 4.69) is 5.32 Å². The molecule has 0 aromatic rings. The Morgan fingerprint density at radius 1 is 1.78 bits per heavy atom. The maximum absolute atomic E-state index is 7.01. The van der Waals surface area contributed by atoms with Crippen LogP contribution < -0.4 is 5.32 Å². The van der Waals surface area contributed by atoms with Gasteiger partial charge in [0.25, 0.3) is 0 Å². The Balaban J connectivity index is 3.98. The second-order valence-electron chi connectivity index (χ2n) is 1.63. The Kier molecular flexibility index (Phi) is 4.14. The lowest BCUT2D eigenvalue weighted by Crippen LogP contribution is -1.99. The molecule has 0 amide bonds. The lowest BCUT2D eigenvalue weighted by Gasteiger charge is -1.97. The number of hydrogen-bond donors (Lipinski definition) is 2. The van der Waals surface area contributed by atoms with Gasteiger partial charge < -0.3 is 5.32 Å². The summed E-state index contributed by atoms with van der Waals surface area (Å²) in [4.78, 5) is 0. The number of allylic oxidation sites excluding steroid dienone is 1. The average molecular weight is 147 g/mol. The van der Waals surface area contributed by atoms with E-state index in [9.17, 15) is 0 Å². The first-order valence-electron chi connectivity index (χ1n) is 2.83. The molecule has 0 heterocycles. The molecular weight excluding hydrogens is 136 g/mol. The highest BCUT2D eigenvalue weighted by atomic mass is 35.5. The van der Waals surface area contributed by atoms with Gasteiger partial charge in [0.1, 0.15) is 5.17 Å². The Labute approximate surface area is 60.4 Å². The van der Waals surface area contributed by atoms with Crippen LogP contribution in [0.4, 0.5) is 0 Å². The molecule has 0 rings (SSSR count). The van der Waals surface area contributed by atoms with Gasteiger partial charge in [-0.05, 0) is 6.42 Å². The Morgan fingerprint density at radius 3 is 2.44 bits per heavy atom. The zero-order chi connectivity index (χ0) is 7.28. The van der Waals surface area contributed by atoms with Crippen LogP contribution in [0.25, 0.3) is 0 Å². The summed E-state index contributed by atoms with van der Waals surface area (Å²) in [5, 5.41) is 9.94. The van der Waals surface area contributed by atoms with Crippen molar-refractivity contribution < 1.29 is 0 Å². The van der Waals surface area contributed by atoms with Crippen molar-refractivity contribution in [3.8, 4) is 0 Å². The minimum absolute atomic E-state index is 0.117. The van der Waals surface area contributed by atoms with E-state index in [4.69, 9.17) is 17.0 Å². The molecule has 0 aromatic carbocycles. The van der Waals surface area contributed by atoms with Gasteiger partial charge in [-0.25, -0.2) is 0 Å². The summed E-state index contributed by atoms with van der Waals surface area (Å²) in [6.07, 6.45) is 2.53. The quantitative estimate of drug-likeness (QED) is 0.585. The maximum Gasteiger partial charge on any atom is 0.125 e. The number of hydrogen-bond acceptors (Lipinski definition) is 2. The molecule has 0 saturated carbocycles. The highest BCUT2D eigenvalue weighted by molar-refractivity contribution is 6.68. The van der Waals surface area contributed by atoms with Crippen LogP contribution in [0, 0.1) is 5.41 Å². The first-order chi connectivity index (χ1) is 4.22. The molecule has 2 N–H and O–H groups in total. The first kappa shape index (κ1) is 8.50. The van der Waals surface area contributed by atoms with E-state index >= 15 is 0 Å². The molecule has 0 aliphatic rings. The summed E-state index contributed by atoms with van der Waals surface area (Å²) in [6.45, 7) is 1.96. The second-order valence-corrected chi connectivity index (χ2v) is 2.00. The van der Waals surface area contributed by atoms with E-state index in [1.165, 1.54) is 0 Å². The van der Waals surface area contributed by atoms with E-state index in [-0.39, 0.29) is 5.17 Å². The molecule has 0 radical (unpaired) electrons. The van der Waals surface area contributed by atoms with Gasteiger partial charge in [0, 0.05) is 18.8 Å². The van der Waals surface area contributed by atoms with Crippen molar-refractivity contribution in [2.75, 3.05) is 7.05 Å². The fourth-order valence-corrected chi connectivity index (χ4v) is 0.683. The van der Waals surface area contributed by atoms with Crippen molar-refractivity contribution in [1.29, 1.82) is 5.41 Å². The summed E-state index contributed by atoms with van der Waals surface area (Å²) < 4.78 is 0. The van der Waals surface area contributed by atoms with Crippen molar-refractivity contribution in [3.05, 3.63) is 11.8 Å². The van der Waals surface area contributed by atoms with Crippen molar-refractivity contribution in [1.82, 2.24) is 5.32 Å². The Morgan fingerprint density at radius 2 is 2.33 bits per heavy atom. The zero-order valence-corrected chi connectivity index (χ0v) is 6.42. The third kappa shape index (κ3) is 3.14. The second kappa shape index (κ2) is 4.39. The number of nitrogens with one attached hydrogen (secondary N) is 2. The lowest BCUT2D eigenvalue weighted by molar-refractivity contribution is 1.05. The van der Waals surface area contributed by atoms with E-state index in [1.54, 1.807) is 13.2 Å². The van der Waals surface area contributed by atoms with Crippen LogP contribution in [0.2, 0.25) is 0 Å². The lowest BCUT2D eigenvalue weighted by atomic mass is 10.2. The monoisotopic (exact) mass is 146 g/mol. The molecule has 2 nitrogen and oxygen atoms in total. The molecule has 0 spiro atoms. The minimum Gasteiger partial charge on any atom is -0.394 e. The van der Waals surface area contributed by atoms with Gasteiger partial charge in [0.05, 0.1) is 0 Å². The van der Waals surface area contributed by atoms with Crippen molar-refractivity contribution in [2.45, 2.75) is 13.3 Å². The topological polar surface area (TPSA) is 35.9 Å². The summed E-state index contributed by atoms with van der Waals surface area (Å²) in [6, 6.07) is 0. The van der Waals surface area contributed by atoms with E-state index < -0.39 is 0 Å². The fraction of sp³-hybridized carbons (Fsp3) is 0.500. The van der Waals surface area contributed by atoms with Crippen LogP contribution in [-0.2, 0) is 0 Å². The zero-order valence-electron chi connectivity index (χ0n) is 5.66. The first-order valence-corrected chi connectivity index (χ1v) is 3.20. The Bertz CT molecular complexity index is 129. The largest absolute Gasteiger partial charge is 0.394 e. The van der Waals surface area contributed by atoms with E-state index in [0.29, 0.717) is 0 Å². The molecule has 0 aromatic heterocycles. The van der Waals surface area contributed by atoms with Crippen LogP contribution in [-0.4, -0.2) is 12.2 Å². The molecule has 0 saturated heterocycles. The predicted molar refractivity (Wildman–Crippen MR) is 41.0 cm³/mol. The molecule has 3 heteroatoms. The summed E-state index contributed by atoms with van der Waals surface area (Å²) in [5.41, 5.74) is 0.833. The number of halogens is 1. The fourth-order valence-electron chi connectivity index (χ4n) is 0.495. The van der Waals surface area contributed by atoms with Crippen LogP contribution >= 0.6 is 11.6 Å². The molecule has 0 bridgehead atoms. The van der Waals surface area contributed by atoms with Crippen LogP contribution in [0.1, 0.15) is 13.3 Å². The van der Waals surface area contributed by atoms with Gasteiger partial charge >= 0.3 is 0 Å². The summed E-state index contributed by atoms with van der Waals surface area (Å²) in [7, 11) is 1.79. The SMILES string of the molecule is CC/C(=C\NC)C(=N)Cl. The highest BCUT2D eigenvalue weighted by Gasteiger charge is 1.95. The summed E-state index contributed by atoms with van der Waals surface area (Å²) >= 11 is 5.40. The van der Waals surface area contributed by atoms with E-state index in [0.717, 1.165) is 12.0 Å². The van der Waals surface area contributed by atoms with Gasteiger partial charge in [-0.3, -0.25) is 5.41 Å². The molecule has 0 fully saturated rings. The van der Waals surface area contributed by atoms with Crippen LogP contribution in [0.15, 0.2) is 11.8 Å². The summed E-state index contributed by atoms with van der Waals surface area (Å²) in [5.74, 6) is 0. The van der Waals surface area contributed by atoms with Crippen molar-refractivity contribution in [2.24, 2.45) is 0 Å². The van der Waals surface area contributed by atoms with Crippen LogP contribution in [0.3, 0.4) is 0 Å². The smallest absolute Gasteiger partial charge is 0.125 e. The third-order valence-electron chi connectivity index (χ3n) is 0.981. The number of rotatable bonds is 3. The molecule has 52 valence electrons. The van der Waals surface area contributed by atoms with Crippen LogP contribution in [0.5, 0.6) is 0 Å².